The summed E-state index contributed by atoms with van der Waals surface area (Å²) in [5.41, 5.74) is 2.03. The molecule has 8 unspecified atom stereocenters. The summed E-state index contributed by atoms with van der Waals surface area (Å²) in [6.07, 6.45) is -0.336. The number of amides is 6. The second kappa shape index (κ2) is 25.6. The van der Waals surface area contributed by atoms with E-state index in [4.69, 9.17) is 14.6 Å². The Balaban J connectivity index is 1.81. The van der Waals surface area contributed by atoms with Crippen LogP contribution in [0.5, 0.6) is 0 Å². The third-order valence-electron chi connectivity index (χ3n) is 12.8. The van der Waals surface area contributed by atoms with Crippen LogP contribution in [-0.4, -0.2) is 152 Å². The van der Waals surface area contributed by atoms with E-state index in [0.29, 0.717) is 31.5 Å². The summed E-state index contributed by atoms with van der Waals surface area (Å²) < 4.78 is 12.1. The molecule has 0 aromatic heterocycles. The number of hydrogen-bond acceptors (Lipinski definition) is 9. The molecule has 16 nitrogen and oxygen atoms in total. The van der Waals surface area contributed by atoms with Crippen molar-refractivity contribution in [2.75, 3.05) is 54.3 Å². The van der Waals surface area contributed by atoms with E-state index in [9.17, 15) is 28.8 Å². The van der Waals surface area contributed by atoms with Crippen molar-refractivity contribution in [2.24, 2.45) is 23.7 Å². The summed E-state index contributed by atoms with van der Waals surface area (Å²) in [5, 5.41) is 17.4. The van der Waals surface area contributed by atoms with Crippen molar-refractivity contribution in [2.45, 2.75) is 130 Å². The van der Waals surface area contributed by atoms with E-state index in [1.165, 1.54) is 12.0 Å². The molecule has 0 radical (unpaired) electrons. The number of ether oxygens (including phenoxy) is 2. The average molecular weight is 908 g/mol. The van der Waals surface area contributed by atoms with Gasteiger partial charge in [0.1, 0.15) is 12.1 Å². The van der Waals surface area contributed by atoms with Gasteiger partial charge in [-0.25, -0.2) is 4.79 Å². The summed E-state index contributed by atoms with van der Waals surface area (Å²) in [6, 6.07) is 13.0. The highest BCUT2D eigenvalue weighted by Crippen LogP contribution is 2.30. The van der Waals surface area contributed by atoms with E-state index in [1.54, 1.807) is 62.2 Å². The minimum absolute atomic E-state index is 0.0220. The van der Waals surface area contributed by atoms with E-state index >= 15 is 0 Å². The van der Waals surface area contributed by atoms with Crippen molar-refractivity contribution < 1.29 is 43.3 Å². The average Bonchev–Trinajstić information content (AvgIpc) is 3.74. The normalized spacial score (nSPS) is 17.7. The molecule has 16 heteroatoms. The van der Waals surface area contributed by atoms with E-state index in [1.807, 2.05) is 90.9 Å². The molecule has 1 fully saturated rings. The standard InChI is InChI=1S/C49H77N7O9/c1-14-32(6)43(55(11)48(61)41(30(2)3)52-46(59)42(31(4)5)53(8)9)39(64-12)28-40(57)56-26-18-21-38(56)44(65-13)33(7)45(58)51-37(27-34-19-16-15-17-20-34)47(60)54(10)29-35-22-24-36(25-23-35)50-49(62)63/h15-17,19-20,22-25,30-33,37-39,41-44,50H,14,18,21,26-29H2,1-13H3,(H,51,58)(H,52,59)(H,62,63)/t32?,33?,37?,38-,39?,41?,42?,43?,44?/m0/s1. The van der Waals surface area contributed by atoms with E-state index < -0.39 is 60.3 Å². The molecule has 6 amide bonds. The lowest BCUT2D eigenvalue weighted by Crippen LogP contribution is -2.59. The fourth-order valence-corrected chi connectivity index (χ4v) is 9.20. The van der Waals surface area contributed by atoms with Crippen LogP contribution in [0.4, 0.5) is 10.5 Å². The summed E-state index contributed by atoms with van der Waals surface area (Å²) in [5.74, 6) is -2.38. The van der Waals surface area contributed by atoms with Crippen molar-refractivity contribution in [3.8, 4) is 0 Å². The van der Waals surface area contributed by atoms with Crippen molar-refractivity contribution in [3.63, 3.8) is 0 Å². The molecular weight excluding hydrogens is 831 g/mol. The highest BCUT2D eigenvalue weighted by molar-refractivity contribution is 5.91. The molecule has 1 saturated heterocycles. The summed E-state index contributed by atoms with van der Waals surface area (Å²) in [6.45, 7) is 14.2. The Kier molecular flexibility index (Phi) is 21.4. The van der Waals surface area contributed by atoms with Gasteiger partial charge in [-0.15, -0.1) is 0 Å². The predicted octanol–water partition coefficient (Wildman–Crippen LogP) is 5.11. The van der Waals surface area contributed by atoms with Crippen LogP contribution >= 0.6 is 0 Å². The number of nitrogens with one attached hydrogen (secondary N) is 3. The monoisotopic (exact) mass is 908 g/mol. The van der Waals surface area contributed by atoms with Gasteiger partial charge in [0.05, 0.1) is 42.7 Å². The largest absolute Gasteiger partial charge is 0.465 e. The van der Waals surface area contributed by atoms with Crippen molar-refractivity contribution >= 4 is 41.3 Å². The molecule has 9 atom stereocenters. The number of methoxy groups -OCH3 is 2. The zero-order valence-corrected chi connectivity index (χ0v) is 41.0. The third-order valence-corrected chi connectivity index (χ3v) is 12.8. The van der Waals surface area contributed by atoms with Gasteiger partial charge in [-0.2, -0.15) is 0 Å². The highest BCUT2D eigenvalue weighted by atomic mass is 16.5. The van der Waals surface area contributed by atoms with Crippen molar-refractivity contribution in [1.82, 2.24) is 30.2 Å². The molecule has 0 aliphatic carbocycles. The van der Waals surface area contributed by atoms with Crippen molar-refractivity contribution in [1.29, 1.82) is 0 Å². The second-order valence-electron chi connectivity index (χ2n) is 18.5. The minimum atomic E-state index is -1.18. The number of rotatable bonds is 24. The van der Waals surface area contributed by atoms with Crippen LogP contribution in [0.1, 0.15) is 85.3 Å². The van der Waals surface area contributed by atoms with Gasteiger partial charge < -0.3 is 39.9 Å². The van der Waals surface area contributed by atoms with Gasteiger partial charge in [0.2, 0.25) is 29.5 Å². The molecule has 1 heterocycles. The lowest BCUT2D eigenvalue weighted by molar-refractivity contribution is -0.148. The number of benzene rings is 2. The first-order valence-corrected chi connectivity index (χ1v) is 22.9. The fraction of sp³-hybridized carbons (Fsp3) is 0.633. The molecule has 3 rings (SSSR count). The Bertz CT molecular complexity index is 1850. The Morgan fingerprint density at radius 1 is 0.800 bits per heavy atom. The zero-order chi connectivity index (χ0) is 48.7. The van der Waals surface area contributed by atoms with Gasteiger partial charge in [-0.05, 0) is 68.0 Å². The quantitative estimate of drug-likeness (QED) is 0.110. The Labute approximate surface area is 387 Å². The number of likely N-dealkylation sites (tertiary alicyclic amines) is 1. The van der Waals surface area contributed by atoms with Gasteiger partial charge in [-0.3, -0.25) is 34.2 Å². The zero-order valence-electron chi connectivity index (χ0n) is 41.0. The number of anilines is 1. The molecule has 0 spiro atoms. The number of carbonyl (C=O) groups is 6. The van der Waals surface area contributed by atoms with E-state index in [2.05, 4.69) is 16.0 Å². The first-order valence-electron chi connectivity index (χ1n) is 22.9. The van der Waals surface area contributed by atoms with Gasteiger partial charge >= 0.3 is 6.09 Å². The SMILES string of the molecule is CCC(C)C(C(CC(=O)N1CCC[C@H]1C(OC)C(C)C(=O)NC(Cc1ccccc1)C(=O)N(C)Cc1ccc(NC(=O)O)cc1)OC)N(C)C(=O)C(NC(=O)C(C(C)C)N(C)C)C(C)C. The first-order chi connectivity index (χ1) is 30.7. The van der Waals surface area contributed by atoms with Crippen LogP contribution in [0.2, 0.25) is 0 Å². The lowest BCUT2D eigenvalue weighted by atomic mass is 9.89. The highest BCUT2D eigenvalue weighted by Gasteiger charge is 2.43. The minimum Gasteiger partial charge on any atom is -0.465 e. The Morgan fingerprint density at radius 3 is 1.95 bits per heavy atom. The Morgan fingerprint density at radius 2 is 1.43 bits per heavy atom. The van der Waals surface area contributed by atoms with Gasteiger partial charge in [-0.1, -0.05) is 97.4 Å². The molecule has 4 N–H and O–H groups in total. The smallest absolute Gasteiger partial charge is 0.409 e. The number of hydrogen-bond donors (Lipinski definition) is 4. The van der Waals surface area contributed by atoms with Gasteiger partial charge in [0, 0.05) is 53.5 Å². The van der Waals surface area contributed by atoms with Crippen molar-refractivity contribution in [3.05, 3.63) is 65.7 Å². The lowest BCUT2D eigenvalue weighted by Gasteiger charge is -2.41. The van der Waals surface area contributed by atoms with Crippen LogP contribution in [0.3, 0.4) is 0 Å². The molecule has 2 aromatic rings. The topological polar surface area (TPSA) is 190 Å². The Hall–Kier alpha value is -5.06. The maximum Gasteiger partial charge on any atom is 0.409 e. The molecule has 65 heavy (non-hydrogen) atoms. The summed E-state index contributed by atoms with van der Waals surface area (Å²) >= 11 is 0. The van der Waals surface area contributed by atoms with Crippen LogP contribution in [0, 0.1) is 23.7 Å². The van der Waals surface area contributed by atoms with E-state index in [0.717, 1.165) is 11.1 Å². The number of carbonyl (C=O) groups excluding carboxylic acids is 5. The molecule has 2 aromatic carbocycles. The van der Waals surface area contributed by atoms with Gasteiger partial charge in [0.15, 0.2) is 0 Å². The molecular formula is C49H77N7O9. The first kappa shape index (κ1) is 54.3. The maximum absolute atomic E-state index is 14.4. The molecule has 362 valence electrons. The molecule has 1 aliphatic heterocycles. The van der Waals surface area contributed by atoms with E-state index in [-0.39, 0.29) is 60.8 Å². The third kappa shape index (κ3) is 15.0. The second-order valence-corrected chi connectivity index (χ2v) is 18.5. The summed E-state index contributed by atoms with van der Waals surface area (Å²) in [4.78, 5) is 88.5. The molecule has 0 saturated carbocycles. The number of likely N-dealkylation sites (N-methyl/N-ethyl adjacent to an activating group) is 3. The van der Waals surface area contributed by atoms with Crippen LogP contribution in [0.15, 0.2) is 54.6 Å². The maximum atomic E-state index is 14.4. The van der Waals surface area contributed by atoms with Gasteiger partial charge in [0.25, 0.3) is 0 Å². The van der Waals surface area contributed by atoms with Crippen LogP contribution in [-0.2, 0) is 46.4 Å². The fourth-order valence-electron chi connectivity index (χ4n) is 9.20. The van der Waals surface area contributed by atoms with Crippen LogP contribution in [0.25, 0.3) is 0 Å². The number of nitrogens with zero attached hydrogens (tertiary/aromatic N) is 4. The molecule has 0 bridgehead atoms. The van der Waals surface area contributed by atoms with Crippen LogP contribution < -0.4 is 16.0 Å². The summed E-state index contributed by atoms with van der Waals surface area (Å²) in [7, 11) is 10.1. The predicted molar refractivity (Wildman–Crippen MR) is 252 cm³/mol. The molecule has 1 aliphatic rings. The number of carboxylic acid groups (broad SMARTS) is 1.